The highest BCUT2D eigenvalue weighted by molar-refractivity contribution is 6.32. The van der Waals surface area contributed by atoms with Gasteiger partial charge in [0.15, 0.2) is 0 Å². The number of carbonyl (C=O) groups is 2. The van der Waals surface area contributed by atoms with Crippen LogP contribution in [0.15, 0.2) is 74.0 Å². The quantitative estimate of drug-likeness (QED) is 0.177. The molecule has 1 atom stereocenters. The van der Waals surface area contributed by atoms with Crippen molar-refractivity contribution >= 4 is 46.9 Å². The number of ether oxygens (including phenoxy) is 2. The first-order valence-corrected chi connectivity index (χ1v) is 14.0. The molecule has 2 aromatic rings. The molecule has 0 aliphatic carbocycles. The van der Waals surface area contributed by atoms with Gasteiger partial charge in [-0.25, -0.2) is 0 Å². The Hall–Kier alpha value is -3.85. The molecule has 3 N–H and O–H groups in total. The van der Waals surface area contributed by atoms with Gasteiger partial charge in [0.2, 0.25) is 5.91 Å². The van der Waals surface area contributed by atoms with Crippen LogP contribution in [-0.2, 0) is 14.3 Å². The largest absolute Gasteiger partial charge is 0.383 e. The third-order valence-electron chi connectivity index (χ3n) is 6.59. The average molecular weight is 579 g/mol. The van der Waals surface area contributed by atoms with Gasteiger partial charge in [0.25, 0.3) is 5.91 Å². The maximum Gasteiger partial charge on any atom is 0.256 e. The van der Waals surface area contributed by atoms with Crippen LogP contribution in [0.1, 0.15) is 34.3 Å². The van der Waals surface area contributed by atoms with E-state index in [4.69, 9.17) is 21.1 Å². The second-order valence-corrected chi connectivity index (χ2v) is 9.83. The van der Waals surface area contributed by atoms with E-state index < -0.39 is 0 Å². The van der Waals surface area contributed by atoms with Crippen molar-refractivity contribution < 1.29 is 19.1 Å². The molecule has 0 radical (unpaired) electrons. The van der Waals surface area contributed by atoms with Gasteiger partial charge in [-0.1, -0.05) is 73.8 Å². The number of amides is 2. The second kappa shape index (κ2) is 16.4. The fourth-order valence-corrected chi connectivity index (χ4v) is 4.67. The third kappa shape index (κ3) is 9.35. The van der Waals surface area contributed by atoms with Crippen LogP contribution >= 0.6 is 11.6 Å². The number of hydrogen-bond acceptors (Lipinski definition) is 6. The zero-order chi connectivity index (χ0) is 29.6. The van der Waals surface area contributed by atoms with E-state index in [-0.39, 0.29) is 17.9 Å². The Balaban J connectivity index is 1.38. The van der Waals surface area contributed by atoms with Gasteiger partial charge < -0.3 is 30.3 Å². The minimum absolute atomic E-state index is 0.0766. The summed E-state index contributed by atoms with van der Waals surface area (Å²) in [6, 6.07) is 11.1. The molecule has 1 saturated heterocycles. The molecular weight excluding hydrogens is 540 g/mol. The van der Waals surface area contributed by atoms with Gasteiger partial charge in [-0.15, -0.1) is 0 Å². The van der Waals surface area contributed by atoms with E-state index in [1.54, 1.807) is 24.1 Å². The smallest absolute Gasteiger partial charge is 0.256 e. The molecule has 1 aliphatic rings. The summed E-state index contributed by atoms with van der Waals surface area (Å²) in [6.07, 6.45) is 8.01. The lowest BCUT2D eigenvalue weighted by atomic mass is 9.99. The summed E-state index contributed by atoms with van der Waals surface area (Å²) in [6.45, 7) is 14.5. The number of benzene rings is 2. The van der Waals surface area contributed by atoms with E-state index in [1.807, 2.05) is 48.6 Å². The highest BCUT2D eigenvalue weighted by atomic mass is 35.5. The standard InChI is InChI=1S/C32H39ClN4O4/c1-5-7-9-25-12-13-26(22-27(25)33)34-16-18-40-20-21-41-19-17-35-28-11-8-10-24(6-2)31(28)32(39)37(4)29-14-15-30(38)36-23(29)3/h5-13,22,29,34-35H,1-3,14-21H2,4H3,(H,36,38)/b9-7+. The number of nitrogens with zero attached hydrogens (tertiary/aromatic N) is 1. The maximum absolute atomic E-state index is 13.5. The number of nitrogens with one attached hydrogen (secondary N) is 3. The Labute approximate surface area is 247 Å². The zero-order valence-electron chi connectivity index (χ0n) is 23.6. The number of rotatable bonds is 16. The molecule has 1 heterocycles. The molecule has 0 aromatic heterocycles. The first-order chi connectivity index (χ1) is 19.8. The number of halogens is 1. The summed E-state index contributed by atoms with van der Waals surface area (Å²) in [5, 5.41) is 10.0. The van der Waals surface area contributed by atoms with Crippen molar-refractivity contribution in [3.63, 3.8) is 0 Å². The van der Waals surface area contributed by atoms with Crippen molar-refractivity contribution in [2.75, 3.05) is 57.2 Å². The van der Waals surface area contributed by atoms with Gasteiger partial charge in [-0.05, 0) is 35.7 Å². The van der Waals surface area contributed by atoms with Gasteiger partial charge in [-0.3, -0.25) is 9.59 Å². The summed E-state index contributed by atoms with van der Waals surface area (Å²) >= 11 is 6.30. The Morgan fingerprint density at radius 2 is 1.83 bits per heavy atom. The van der Waals surface area contributed by atoms with E-state index in [0.29, 0.717) is 74.3 Å². The summed E-state index contributed by atoms with van der Waals surface area (Å²) in [5.74, 6) is -0.247. The van der Waals surface area contributed by atoms with Crippen LogP contribution in [0.5, 0.6) is 0 Å². The molecule has 1 unspecified atom stereocenters. The van der Waals surface area contributed by atoms with Crippen LogP contribution < -0.4 is 16.0 Å². The van der Waals surface area contributed by atoms with Gasteiger partial charge in [0.05, 0.1) is 38.0 Å². The van der Waals surface area contributed by atoms with Crippen molar-refractivity contribution in [3.8, 4) is 0 Å². The molecule has 41 heavy (non-hydrogen) atoms. The van der Waals surface area contributed by atoms with Crippen molar-refractivity contribution in [2.45, 2.75) is 18.9 Å². The van der Waals surface area contributed by atoms with Gasteiger partial charge in [-0.2, -0.15) is 0 Å². The number of anilines is 2. The van der Waals surface area contributed by atoms with Crippen LogP contribution in [-0.4, -0.2) is 69.3 Å². The lowest BCUT2D eigenvalue weighted by Gasteiger charge is -2.33. The van der Waals surface area contributed by atoms with Crippen molar-refractivity contribution in [1.29, 1.82) is 0 Å². The van der Waals surface area contributed by atoms with E-state index in [0.717, 1.165) is 16.8 Å². The minimum Gasteiger partial charge on any atom is -0.383 e. The lowest BCUT2D eigenvalue weighted by molar-refractivity contribution is -0.121. The van der Waals surface area contributed by atoms with E-state index in [9.17, 15) is 9.59 Å². The molecule has 0 bridgehead atoms. The predicted molar refractivity (Wildman–Crippen MR) is 168 cm³/mol. The maximum atomic E-state index is 13.5. The van der Waals surface area contributed by atoms with E-state index in [1.165, 1.54) is 0 Å². The second-order valence-electron chi connectivity index (χ2n) is 9.43. The van der Waals surface area contributed by atoms with E-state index >= 15 is 0 Å². The number of hydrogen-bond donors (Lipinski definition) is 3. The molecule has 2 amide bonds. The minimum atomic E-state index is -0.271. The van der Waals surface area contributed by atoms with Crippen molar-refractivity contribution in [2.24, 2.45) is 0 Å². The third-order valence-corrected chi connectivity index (χ3v) is 6.91. The number of piperidine rings is 1. The Bertz CT molecular complexity index is 1280. The van der Waals surface area contributed by atoms with Crippen LogP contribution in [0, 0.1) is 0 Å². The average Bonchev–Trinajstić information content (AvgIpc) is 2.96. The van der Waals surface area contributed by atoms with Gasteiger partial charge in [0, 0.05) is 48.7 Å². The predicted octanol–water partition coefficient (Wildman–Crippen LogP) is 5.60. The monoisotopic (exact) mass is 578 g/mol. The molecular formula is C32H39ClN4O4. The molecule has 3 rings (SSSR count). The molecule has 0 spiro atoms. The first kappa shape index (κ1) is 31.7. The van der Waals surface area contributed by atoms with Crippen LogP contribution in [0.3, 0.4) is 0 Å². The summed E-state index contributed by atoms with van der Waals surface area (Å²) in [7, 11) is 1.73. The summed E-state index contributed by atoms with van der Waals surface area (Å²) in [5.41, 5.74) is 4.34. The Morgan fingerprint density at radius 1 is 1.10 bits per heavy atom. The summed E-state index contributed by atoms with van der Waals surface area (Å²) < 4.78 is 11.3. The normalized spacial score (nSPS) is 14.9. The number of carbonyl (C=O) groups excluding carboxylic acids is 2. The lowest BCUT2D eigenvalue weighted by Crippen LogP contribution is -2.46. The zero-order valence-corrected chi connectivity index (χ0v) is 24.3. The molecule has 8 nitrogen and oxygen atoms in total. The molecule has 1 fully saturated rings. The van der Waals surface area contributed by atoms with Crippen LogP contribution in [0.2, 0.25) is 5.02 Å². The fourth-order valence-electron chi connectivity index (χ4n) is 4.43. The topological polar surface area (TPSA) is 91.9 Å². The molecule has 218 valence electrons. The Kier molecular flexibility index (Phi) is 12.7. The number of allylic oxidation sites excluding steroid dienone is 2. The first-order valence-electron chi connectivity index (χ1n) is 13.6. The van der Waals surface area contributed by atoms with Crippen LogP contribution in [0.4, 0.5) is 11.4 Å². The van der Waals surface area contributed by atoms with Crippen LogP contribution in [0.25, 0.3) is 12.2 Å². The molecule has 9 heteroatoms. The summed E-state index contributed by atoms with van der Waals surface area (Å²) in [4.78, 5) is 26.8. The molecule has 1 aliphatic heterocycles. The van der Waals surface area contributed by atoms with E-state index in [2.05, 4.69) is 35.7 Å². The highest BCUT2D eigenvalue weighted by Crippen LogP contribution is 2.26. The molecule has 0 saturated carbocycles. The SMILES string of the molecule is C=C/C=C/c1ccc(NCCOCCOCCNc2cccc(C=C)c2C(=O)N(C)C2CCC(=O)NC2=C)cc1Cl. The van der Waals surface area contributed by atoms with Gasteiger partial charge in [0.1, 0.15) is 0 Å². The Morgan fingerprint density at radius 3 is 2.49 bits per heavy atom. The van der Waals surface area contributed by atoms with Gasteiger partial charge >= 0.3 is 0 Å². The fraction of sp³-hybridized carbons (Fsp3) is 0.312. The van der Waals surface area contributed by atoms with Crippen molar-refractivity contribution in [1.82, 2.24) is 10.2 Å². The molecule has 2 aromatic carbocycles. The highest BCUT2D eigenvalue weighted by Gasteiger charge is 2.30. The van der Waals surface area contributed by atoms with Crippen molar-refractivity contribution in [3.05, 3.63) is 95.7 Å². The number of likely N-dealkylation sites (N-methyl/N-ethyl adjacent to an activating group) is 1.